The molecule has 3 rings (SSSR count). The van der Waals surface area contributed by atoms with Gasteiger partial charge in [-0.2, -0.15) is 5.10 Å². The van der Waals surface area contributed by atoms with E-state index in [2.05, 4.69) is 10.4 Å². The molecule has 0 saturated carbocycles. The first-order valence-corrected chi connectivity index (χ1v) is 12.5. The molecule has 174 valence electrons. The number of halogens is 1. The maximum atomic E-state index is 12.5. The number of nitrogens with one attached hydrogen (secondary N) is 1. The van der Waals surface area contributed by atoms with Crippen LogP contribution in [0.1, 0.15) is 37.8 Å². The molecular weight excluding hydrogens is 461 g/mol. The lowest BCUT2D eigenvalue weighted by Gasteiger charge is -2.33. The van der Waals surface area contributed by atoms with E-state index in [9.17, 15) is 19.1 Å². The third kappa shape index (κ3) is 5.28. The molecule has 0 aliphatic heterocycles. The Labute approximate surface area is 198 Å². The number of aryl methyl sites for hydroxylation is 1. The summed E-state index contributed by atoms with van der Waals surface area (Å²) in [6, 6.07) is 14.0. The molecule has 9 heteroatoms. The van der Waals surface area contributed by atoms with Gasteiger partial charge < -0.3 is 15.1 Å². The molecule has 3 aromatic rings. The van der Waals surface area contributed by atoms with E-state index in [1.54, 1.807) is 67.2 Å². The van der Waals surface area contributed by atoms with Gasteiger partial charge in [-0.25, -0.2) is 0 Å². The Hall–Kier alpha value is -2.70. The van der Waals surface area contributed by atoms with Gasteiger partial charge in [-0.05, 0) is 48.7 Å². The highest BCUT2D eigenvalue weighted by Crippen LogP contribution is 2.60. The largest absolute Gasteiger partial charge is 0.335 e. The summed E-state index contributed by atoms with van der Waals surface area (Å²) in [4.78, 5) is 32.3. The van der Waals surface area contributed by atoms with Crippen molar-refractivity contribution in [3.8, 4) is 11.3 Å². The predicted octanol–water partition coefficient (Wildman–Crippen LogP) is 5.59. The Morgan fingerprint density at radius 1 is 1.12 bits per heavy atom. The van der Waals surface area contributed by atoms with Crippen LogP contribution in [0.4, 0.5) is 5.69 Å². The zero-order valence-electron chi connectivity index (χ0n) is 18.7. The Bertz CT molecular complexity index is 1190. The number of hydrogen-bond donors (Lipinski definition) is 3. The highest BCUT2D eigenvalue weighted by Gasteiger charge is 2.45. The number of nitrogens with zero attached hydrogens (tertiary/aromatic N) is 2. The van der Waals surface area contributed by atoms with Crippen LogP contribution in [-0.4, -0.2) is 25.5 Å². The smallest absolute Gasteiger partial charge is 0.324 e. The third-order valence-electron chi connectivity index (χ3n) is 5.92. The van der Waals surface area contributed by atoms with E-state index in [-0.39, 0.29) is 5.91 Å². The molecule has 0 spiro atoms. The first kappa shape index (κ1) is 24.9. The van der Waals surface area contributed by atoms with E-state index in [0.717, 1.165) is 16.8 Å². The van der Waals surface area contributed by atoms with Crippen LogP contribution in [0.2, 0.25) is 5.02 Å². The lowest BCUT2D eigenvalue weighted by molar-refractivity contribution is -0.111. The number of carbonyl (C=O) groups is 1. The topological polar surface area (TPSA) is 104 Å². The van der Waals surface area contributed by atoms with Crippen molar-refractivity contribution in [2.45, 2.75) is 31.8 Å². The van der Waals surface area contributed by atoms with Gasteiger partial charge in [0.25, 0.3) is 0 Å². The van der Waals surface area contributed by atoms with Gasteiger partial charge in [-0.15, -0.1) is 0 Å². The summed E-state index contributed by atoms with van der Waals surface area (Å²) in [7, 11) is -2.53. The van der Waals surface area contributed by atoms with Gasteiger partial charge >= 0.3 is 7.60 Å². The second kappa shape index (κ2) is 10.1. The maximum absolute atomic E-state index is 12.5. The molecule has 1 heterocycles. The lowest BCUT2D eigenvalue weighted by atomic mass is 9.92. The number of rotatable bonds is 8. The summed E-state index contributed by atoms with van der Waals surface area (Å²) in [6.07, 6.45) is 5.40. The van der Waals surface area contributed by atoms with Crippen LogP contribution in [0.5, 0.6) is 0 Å². The van der Waals surface area contributed by atoms with Crippen LogP contribution in [-0.2, 0) is 21.6 Å². The van der Waals surface area contributed by atoms with Gasteiger partial charge in [0.2, 0.25) is 5.91 Å². The monoisotopic (exact) mass is 487 g/mol. The third-order valence-corrected chi connectivity index (χ3v) is 8.17. The molecule has 0 aliphatic rings. The molecule has 0 atom stereocenters. The second-order valence-corrected chi connectivity index (χ2v) is 10.1. The second-order valence-electron chi connectivity index (χ2n) is 7.76. The van der Waals surface area contributed by atoms with Gasteiger partial charge in [0.05, 0.1) is 17.0 Å². The number of hydrogen-bond acceptors (Lipinski definition) is 3. The fourth-order valence-corrected chi connectivity index (χ4v) is 5.42. The molecule has 0 unspecified atom stereocenters. The summed E-state index contributed by atoms with van der Waals surface area (Å²) in [5.74, 6) is -0.333. The van der Waals surface area contributed by atoms with Gasteiger partial charge in [0, 0.05) is 35.0 Å². The maximum Gasteiger partial charge on any atom is 0.335 e. The lowest BCUT2D eigenvalue weighted by Crippen LogP contribution is -2.24. The summed E-state index contributed by atoms with van der Waals surface area (Å²) in [5.41, 5.74) is 3.65. The minimum atomic E-state index is -4.36. The predicted molar refractivity (Wildman–Crippen MR) is 132 cm³/mol. The summed E-state index contributed by atoms with van der Waals surface area (Å²) in [5, 5.41) is 6.47. The normalized spacial score (nSPS) is 12.3. The quantitative estimate of drug-likeness (QED) is 0.284. The van der Waals surface area contributed by atoms with Crippen LogP contribution in [0.3, 0.4) is 0 Å². The van der Waals surface area contributed by atoms with Crippen LogP contribution in [0.15, 0.2) is 60.8 Å². The number of aromatic nitrogens is 2. The highest BCUT2D eigenvalue weighted by molar-refractivity contribution is 7.53. The fraction of sp³-hybridized carbons (Fsp3) is 0.250. The van der Waals surface area contributed by atoms with E-state index in [0.29, 0.717) is 29.1 Å². The Balaban J connectivity index is 1.76. The summed E-state index contributed by atoms with van der Waals surface area (Å²) < 4.78 is 13.9. The van der Waals surface area contributed by atoms with E-state index >= 15 is 0 Å². The Morgan fingerprint density at radius 3 is 2.27 bits per heavy atom. The van der Waals surface area contributed by atoms with E-state index < -0.39 is 12.8 Å². The molecule has 0 fully saturated rings. The molecule has 1 aromatic heterocycles. The van der Waals surface area contributed by atoms with Crippen molar-refractivity contribution >= 4 is 36.9 Å². The zero-order chi connectivity index (χ0) is 24.2. The molecule has 1 amide bonds. The van der Waals surface area contributed by atoms with Gasteiger partial charge in [-0.3, -0.25) is 14.0 Å². The molecule has 2 aromatic carbocycles. The average Bonchev–Trinajstić information content (AvgIpc) is 3.14. The molecule has 0 aliphatic carbocycles. The zero-order valence-corrected chi connectivity index (χ0v) is 20.3. The summed E-state index contributed by atoms with van der Waals surface area (Å²) >= 11 is 5.98. The van der Waals surface area contributed by atoms with Crippen molar-refractivity contribution in [2.75, 3.05) is 5.32 Å². The molecule has 3 N–H and O–H groups in total. The van der Waals surface area contributed by atoms with E-state index in [4.69, 9.17) is 11.6 Å². The van der Waals surface area contributed by atoms with Crippen molar-refractivity contribution in [3.63, 3.8) is 0 Å². The Morgan fingerprint density at radius 2 is 1.73 bits per heavy atom. The number of carbonyl (C=O) groups excluding carboxylic acids is 1. The van der Waals surface area contributed by atoms with E-state index in [1.807, 2.05) is 19.2 Å². The van der Waals surface area contributed by atoms with Crippen molar-refractivity contribution < 1.29 is 19.1 Å². The fourth-order valence-electron chi connectivity index (χ4n) is 3.99. The van der Waals surface area contributed by atoms with E-state index in [1.165, 1.54) is 6.08 Å². The minimum Gasteiger partial charge on any atom is -0.324 e. The minimum absolute atomic E-state index is 0.309. The Kier molecular flexibility index (Phi) is 7.60. The SMILES string of the molecule is CCC(CC)(c1ccc(NC(=O)/C=C/c2cnn(C)c2-c2ccc(Cl)cc2)cc1)P(=O)(O)O. The molecule has 0 bridgehead atoms. The molecule has 7 nitrogen and oxygen atoms in total. The number of benzene rings is 2. The summed E-state index contributed by atoms with van der Waals surface area (Å²) in [6.45, 7) is 3.53. The van der Waals surface area contributed by atoms with Crippen LogP contribution >= 0.6 is 19.2 Å². The average molecular weight is 488 g/mol. The van der Waals surface area contributed by atoms with Crippen molar-refractivity contribution in [1.29, 1.82) is 0 Å². The van der Waals surface area contributed by atoms with Crippen molar-refractivity contribution in [1.82, 2.24) is 9.78 Å². The van der Waals surface area contributed by atoms with Crippen molar-refractivity contribution in [2.24, 2.45) is 7.05 Å². The first-order chi connectivity index (χ1) is 15.6. The van der Waals surface area contributed by atoms with Gasteiger partial charge in [0.15, 0.2) is 0 Å². The van der Waals surface area contributed by atoms with Crippen LogP contribution in [0, 0.1) is 0 Å². The molecule has 0 radical (unpaired) electrons. The molecular formula is C24H27ClN3O4P. The highest BCUT2D eigenvalue weighted by atomic mass is 35.5. The molecule has 0 saturated heterocycles. The van der Waals surface area contributed by atoms with Crippen LogP contribution < -0.4 is 5.32 Å². The van der Waals surface area contributed by atoms with Gasteiger partial charge in [-0.1, -0.05) is 49.7 Å². The first-order valence-electron chi connectivity index (χ1n) is 10.5. The van der Waals surface area contributed by atoms with Crippen LogP contribution in [0.25, 0.3) is 17.3 Å². The van der Waals surface area contributed by atoms with Gasteiger partial charge in [0.1, 0.15) is 0 Å². The number of anilines is 1. The number of amides is 1. The van der Waals surface area contributed by atoms with Crippen molar-refractivity contribution in [3.05, 3.63) is 77.0 Å². The molecule has 33 heavy (non-hydrogen) atoms. The standard InChI is InChI=1S/C24H27ClN3O4P/c1-4-24(5-2,33(30,31)32)19-9-13-21(14-10-19)27-22(29)15-8-18-16-26-28(3)23(18)17-6-11-20(25)12-7-17/h6-16H,4-5H2,1-3H3,(H,27,29)(H2,30,31,32)/b15-8+.